The first kappa shape index (κ1) is 19.1. The fraction of sp³-hybridized carbons (Fsp3) is 0.588. The third-order valence-corrected chi connectivity index (χ3v) is 3.05. The zero-order chi connectivity index (χ0) is 17.3. The van der Waals surface area contributed by atoms with Crippen LogP contribution in [0.2, 0.25) is 0 Å². The monoisotopic (exact) mass is 325 g/mol. The second kappa shape index (κ2) is 9.25. The Labute approximate surface area is 137 Å². The van der Waals surface area contributed by atoms with Gasteiger partial charge < -0.3 is 24.6 Å². The van der Waals surface area contributed by atoms with Crippen molar-refractivity contribution in [2.75, 3.05) is 26.9 Å². The molecule has 0 fully saturated rings. The Morgan fingerprint density at radius 2 is 1.83 bits per heavy atom. The maximum Gasteiger partial charge on any atom is 0.407 e. The van der Waals surface area contributed by atoms with Crippen LogP contribution in [0.25, 0.3) is 0 Å². The van der Waals surface area contributed by atoms with Gasteiger partial charge in [-0.15, -0.1) is 0 Å². The number of hydrogen-bond acceptors (Lipinski definition) is 5. The van der Waals surface area contributed by atoms with Crippen LogP contribution in [0, 0.1) is 5.92 Å². The topological polar surface area (TPSA) is 77.0 Å². The predicted octanol–water partition coefficient (Wildman–Crippen LogP) is 2.60. The molecule has 2 N–H and O–H groups in total. The lowest BCUT2D eigenvalue weighted by atomic mass is 10.1. The number of ether oxygens (including phenoxy) is 3. The molecule has 0 saturated heterocycles. The predicted molar refractivity (Wildman–Crippen MR) is 87.9 cm³/mol. The summed E-state index contributed by atoms with van der Waals surface area (Å²) in [5.41, 5.74) is -0.531. The molecule has 1 aromatic carbocycles. The fourth-order valence-corrected chi connectivity index (χ4v) is 1.82. The van der Waals surface area contributed by atoms with Crippen molar-refractivity contribution in [3.63, 3.8) is 0 Å². The third kappa shape index (κ3) is 8.30. The molecular formula is C17H27NO5. The number of aliphatic hydroxyl groups is 1. The quantitative estimate of drug-likeness (QED) is 0.768. The first-order chi connectivity index (χ1) is 10.8. The number of amides is 1. The molecule has 1 amide bonds. The summed E-state index contributed by atoms with van der Waals surface area (Å²) in [7, 11) is 1.61. The number of carbonyl (C=O) groups excluding carboxylic acids is 1. The maximum atomic E-state index is 11.6. The minimum Gasteiger partial charge on any atom is -0.497 e. The van der Waals surface area contributed by atoms with Crippen LogP contribution in [0.4, 0.5) is 4.79 Å². The van der Waals surface area contributed by atoms with Crippen molar-refractivity contribution in [1.82, 2.24) is 5.32 Å². The van der Waals surface area contributed by atoms with Gasteiger partial charge >= 0.3 is 6.09 Å². The zero-order valence-corrected chi connectivity index (χ0v) is 14.3. The number of nitrogens with one attached hydrogen (secondary N) is 1. The van der Waals surface area contributed by atoms with Crippen molar-refractivity contribution in [1.29, 1.82) is 0 Å². The normalized spacial score (nSPS) is 12.4. The van der Waals surface area contributed by atoms with E-state index < -0.39 is 11.7 Å². The highest BCUT2D eigenvalue weighted by molar-refractivity contribution is 5.67. The van der Waals surface area contributed by atoms with Gasteiger partial charge in [-0.25, -0.2) is 4.79 Å². The van der Waals surface area contributed by atoms with Crippen LogP contribution >= 0.6 is 0 Å². The first-order valence-electron chi connectivity index (χ1n) is 7.68. The summed E-state index contributed by atoms with van der Waals surface area (Å²) in [6.45, 7) is 6.18. The summed E-state index contributed by atoms with van der Waals surface area (Å²) in [6.07, 6.45) is 0.144. The van der Waals surface area contributed by atoms with Crippen molar-refractivity contribution in [2.45, 2.75) is 32.8 Å². The van der Waals surface area contributed by atoms with Gasteiger partial charge in [-0.3, -0.25) is 0 Å². The minimum absolute atomic E-state index is 0.0260. The second-order valence-electron chi connectivity index (χ2n) is 6.24. The van der Waals surface area contributed by atoms with E-state index in [0.29, 0.717) is 19.6 Å². The van der Waals surface area contributed by atoms with Crippen LogP contribution < -0.4 is 14.8 Å². The number of hydrogen-bond donors (Lipinski definition) is 2. The van der Waals surface area contributed by atoms with E-state index in [1.165, 1.54) is 0 Å². The SMILES string of the molecule is COc1ccc(OCCC(CO)CNC(=O)OC(C)(C)C)cc1. The van der Waals surface area contributed by atoms with Crippen molar-refractivity contribution in [2.24, 2.45) is 5.92 Å². The lowest BCUT2D eigenvalue weighted by molar-refractivity contribution is 0.0508. The number of alkyl carbamates (subject to hydrolysis) is 1. The van der Waals surface area contributed by atoms with Crippen LogP contribution in [0.3, 0.4) is 0 Å². The van der Waals surface area contributed by atoms with E-state index in [2.05, 4.69) is 5.32 Å². The average molecular weight is 325 g/mol. The van der Waals surface area contributed by atoms with Crippen LogP contribution in [-0.4, -0.2) is 43.7 Å². The third-order valence-electron chi connectivity index (χ3n) is 3.05. The van der Waals surface area contributed by atoms with E-state index in [-0.39, 0.29) is 12.5 Å². The Hall–Kier alpha value is -1.95. The van der Waals surface area contributed by atoms with Gasteiger partial charge in [0.1, 0.15) is 17.1 Å². The molecule has 130 valence electrons. The molecule has 1 atom stereocenters. The smallest absolute Gasteiger partial charge is 0.407 e. The summed E-state index contributed by atoms with van der Waals surface area (Å²) in [5, 5.41) is 12.0. The molecule has 0 heterocycles. The highest BCUT2D eigenvalue weighted by atomic mass is 16.6. The van der Waals surface area contributed by atoms with Crippen LogP contribution in [0.15, 0.2) is 24.3 Å². The molecule has 0 aliphatic rings. The van der Waals surface area contributed by atoms with Gasteiger partial charge in [-0.1, -0.05) is 0 Å². The van der Waals surface area contributed by atoms with Gasteiger partial charge in [0.25, 0.3) is 0 Å². The Morgan fingerprint density at radius 1 is 1.22 bits per heavy atom. The summed E-state index contributed by atoms with van der Waals surface area (Å²) >= 11 is 0. The van der Waals surface area contributed by atoms with Crippen molar-refractivity contribution in [3.05, 3.63) is 24.3 Å². The standard InChI is InChI=1S/C17H27NO5/c1-17(2,3)23-16(20)18-11-13(12-19)9-10-22-15-7-5-14(21-4)6-8-15/h5-8,13,19H,9-12H2,1-4H3,(H,18,20). The van der Waals surface area contributed by atoms with E-state index in [1.807, 2.05) is 24.3 Å². The Morgan fingerprint density at radius 3 is 2.35 bits per heavy atom. The lowest BCUT2D eigenvalue weighted by Gasteiger charge is -2.21. The van der Waals surface area contributed by atoms with Crippen molar-refractivity contribution in [3.8, 4) is 11.5 Å². The van der Waals surface area contributed by atoms with Crippen LogP contribution in [0.5, 0.6) is 11.5 Å². The molecule has 0 aliphatic carbocycles. The van der Waals surface area contributed by atoms with Crippen molar-refractivity contribution < 1.29 is 24.1 Å². The molecule has 1 aromatic rings. The molecule has 0 aliphatic heterocycles. The van der Waals surface area contributed by atoms with E-state index >= 15 is 0 Å². The van der Waals surface area contributed by atoms with Gasteiger partial charge in [0.05, 0.1) is 13.7 Å². The molecule has 0 saturated carbocycles. The molecule has 1 rings (SSSR count). The summed E-state index contributed by atoms with van der Waals surface area (Å²) in [5.74, 6) is 1.43. The average Bonchev–Trinajstić information content (AvgIpc) is 2.49. The van der Waals surface area contributed by atoms with Gasteiger partial charge in [0, 0.05) is 19.1 Å². The van der Waals surface area contributed by atoms with Crippen LogP contribution in [-0.2, 0) is 4.74 Å². The molecule has 6 nitrogen and oxygen atoms in total. The molecule has 0 radical (unpaired) electrons. The van der Waals surface area contributed by atoms with Gasteiger partial charge in [-0.2, -0.15) is 0 Å². The van der Waals surface area contributed by atoms with Gasteiger partial charge in [0.2, 0.25) is 0 Å². The number of methoxy groups -OCH3 is 1. The fourth-order valence-electron chi connectivity index (χ4n) is 1.82. The first-order valence-corrected chi connectivity index (χ1v) is 7.68. The molecular weight excluding hydrogens is 298 g/mol. The molecule has 0 spiro atoms. The Balaban J connectivity index is 2.29. The van der Waals surface area contributed by atoms with E-state index in [0.717, 1.165) is 11.5 Å². The highest BCUT2D eigenvalue weighted by Gasteiger charge is 2.17. The maximum absolute atomic E-state index is 11.6. The molecule has 6 heteroatoms. The highest BCUT2D eigenvalue weighted by Crippen LogP contribution is 2.17. The summed E-state index contributed by atoms with van der Waals surface area (Å²) in [6, 6.07) is 7.29. The molecule has 23 heavy (non-hydrogen) atoms. The Kier molecular flexibility index (Phi) is 7.68. The van der Waals surface area contributed by atoms with Gasteiger partial charge in [0.15, 0.2) is 0 Å². The van der Waals surface area contributed by atoms with E-state index in [1.54, 1.807) is 27.9 Å². The molecule has 1 unspecified atom stereocenters. The number of rotatable bonds is 8. The number of benzene rings is 1. The Bertz CT molecular complexity index is 467. The van der Waals surface area contributed by atoms with Gasteiger partial charge in [-0.05, 0) is 51.5 Å². The molecule has 0 aromatic heterocycles. The number of aliphatic hydroxyl groups excluding tert-OH is 1. The number of carbonyl (C=O) groups is 1. The minimum atomic E-state index is -0.531. The molecule has 0 bridgehead atoms. The van der Waals surface area contributed by atoms with Crippen molar-refractivity contribution >= 4 is 6.09 Å². The second-order valence-corrected chi connectivity index (χ2v) is 6.24. The summed E-state index contributed by atoms with van der Waals surface area (Å²) in [4.78, 5) is 11.6. The van der Waals surface area contributed by atoms with E-state index in [4.69, 9.17) is 14.2 Å². The largest absolute Gasteiger partial charge is 0.497 e. The lowest BCUT2D eigenvalue weighted by Crippen LogP contribution is -2.36. The van der Waals surface area contributed by atoms with Crippen LogP contribution in [0.1, 0.15) is 27.2 Å². The summed E-state index contributed by atoms with van der Waals surface area (Å²) < 4.78 is 15.8. The zero-order valence-electron chi connectivity index (χ0n) is 14.3. The van der Waals surface area contributed by atoms with E-state index in [9.17, 15) is 9.90 Å².